The van der Waals surface area contributed by atoms with Crippen molar-refractivity contribution in [1.82, 2.24) is 0 Å². The predicted molar refractivity (Wildman–Crippen MR) is 114 cm³/mol. The molecule has 0 aromatic heterocycles. The van der Waals surface area contributed by atoms with Gasteiger partial charge in [0.2, 0.25) is 0 Å². The summed E-state index contributed by atoms with van der Waals surface area (Å²) in [5.41, 5.74) is -0.775. The van der Waals surface area contributed by atoms with E-state index in [1.807, 2.05) is 32.1 Å². The molecule has 31 heavy (non-hydrogen) atoms. The van der Waals surface area contributed by atoms with Crippen molar-refractivity contribution in [3.05, 3.63) is 87.5 Å². The van der Waals surface area contributed by atoms with Gasteiger partial charge in [0.1, 0.15) is 6.04 Å². The molecule has 4 rings (SSSR count). The Balaban J connectivity index is 2.06. The van der Waals surface area contributed by atoms with Gasteiger partial charge in [0.05, 0.1) is 29.3 Å². The lowest BCUT2D eigenvalue weighted by Gasteiger charge is -2.32. The first kappa shape index (κ1) is 20.3. The third-order valence-corrected chi connectivity index (χ3v) is 6.52. The van der Waals surface area contributed by atoms with E-state index in [1.165, 1.54) is 11.0 Å². The number of fused-ring (bicyclic) bond motifs is 3. The molecule has 0 unspecified atom stereocenters. The highest BCUT2D eigenvalue weighted by Gasteiger charge is 2.77. The summed E-state index contributed by atoms with van der Waals surface area (Å²) in [5.74, 6) is -1.25. The van der Waals surface area contributed by atoms with Gasteiger partial charge in [-0.25, -0.2) is 0 Å². The number of aryl methyl sites for hydroxylation is 2. The van der Waals surface area contributed by atoms with Gasteiger partial charge in [-0.15, -0.1) is 6.58 Å². The smallest absolute Gasteiger partial charge is 0.278 e. The summed E-state index contributed by atoms with van der Waals surface area (Å²) >= 11 is 0. The molecular formula is C24H20N4O3. The molecule has 2 aromatic carbocycles. The zero-order valence-corrected chi connectivity index (χ0v) is 17.2. The van der Waals surface area contributed by atoms with Gasteiger partial charge >= 0.3 is 0 Å². The highest BCUT2D eigenvalue weighted by molar-refractivity contribution is 6.09. The third-order valence-electron chi connectivity index (χ3n) is 6.52. The average molecular weight is 412 g/mol. The molecule has 0 radical (unpaired) electrons. The summed E-state index contributed by atoms with van der Waals surface area (Å²) in [6.45, 7) is 7.49. The van der Waals surface area contributed by atoms with Crippen molar-refractivity contribution in [3.63, 3.8) is 0 Å². The van der Waals surface area contributed by atoms with Crippen LogP contribution in [0.1, 0.15) is 33.5 Å². The summed E-state index contributed by atoms with van der Waals surface area (Å²) in [6, 6.07) is 14.7. The van der Waals surface area contributed by atoms with Crippen molar-refractivity contribution in [2.75, 3.05) is 4.90 Å². The zero-order valence-electron chi connectivity index (χ0n) is 17.2. The number of rotatable bonds is 3. The molecule has 7 nitrogen and oxygen atoms in total. The van der Waals surface area contributed by atoms with Crippen LogP contribution in [-0.2, 0) is 5.54 Å². The number of nitro groups is 1. The number of hydrogen-bond donors (Lipinski definition) is 0. The summed E-state index contributed by atoms with van der Waals surface area (Å²) in [4.78, 5) is 27.3. The second-order valence-electron chi connectivity index (χ2n) is 8.29. The topological polar surface area (TPSA) is 111 Å². The molecule has 0 bridgehead atoms. The minimum atomic E-state index is -1.82. The van der Waals surface area contributed by atoms with E-state index >= 15 is 0 Å². The number of carbonyl (C=O) groups is 1. The van der Waals surface area contributed by atoms with Crippen LogP contribution in [0.5, 0.6) is 0 Å². The van der Waals surface area contributed by atoms with Gasteiger partial charge < -0.3 is 0 Å². The average Bonchev–Trinajstić information content (AvgIpc) is 3.22. The van der Waals surface area contributed by atoms with Crippen LogP contribution >= 0.6 is 0 Å². The Labute approximate surface area is 180 Å². The van der Waals surface area contributed by atoms with Crippen LogP contribution in [0.3, 0.4) is 0 Å². The van der Waals surface area contributed by atoms with Crippen LogP contribution in [-0.4, -0.2) is 16.9 Å². The van der Waals surface area contributed by atoms with E-state index in [0.717, 1.165) is 11.1 Å². The van der Waals surface area contributed by atoms with Gasteiger partial charge in [0.15, 0.2) is 5.41 Å². The number of hydrogen-bond acceptors (Lipinski definition) is 5. The van der Waals surface area contributed by atoms with Gasteiger partial charge in [-0.1, -0.05) is 35.4 Å². The standard InChI is InChI=1S/C24H20N4O3/c1-4-18-12-23(13-25,14-26)22-24(18,28(30)31)19-7-5-6-8-20(19)27(22)21(29)17-10-15(2)9-16(3)11-17/h4-11,18,22H,1,12H2,2-3H3/t18-,22-,24+/m1/s1. The molecule has 2 aliphatic rings. The second kappa shape index (κ2) is 6.78. The Bertz CT molecular complexity index is 1190. The number of anilines is 1. The number of amides is 1. The van der Waals surface area contributed by atoms with Crippen LogP contribution in [0, 0.1) is 58.0 Å². The van der Waals surface area contributed by atoms with Crippen molar-refractivity contribution in [2.24, 2.45) is 11.3 Å². The quantitative estimate of drug-likeness (QED) is 0.429. The molecule has 3 atom stereocenters. The number of benzene rings is 2. The Morgan fingerprint density at radius 3 is 2.39 bits per heavy atom. The SMILES string of the molecule is C=C[C@@H]1CC(C#N)(C#N)[C@H]2N(C(=O)c3cc(C)cc(C)c3)c3ccccc3[C@@]12[N+](=O)[O-]. The fraction of sp³-hybridized carbons (Fsp3) is 0.292. The number of para-hydroxylation sites is 1. The molecule has 1 fully saturated rings. The summed E-state index contributed by atoms with van der Waals surface area (Å²) in [7, 11) is 0. The van der Waals surface area contributed by atoms with E-state index in [1.54, 1.807) is 36.4 Å². The molecule has 0 saturated heterocycles. The fourth-order valence-electron chi connectivity index (χ4n) is 5.42. The van der Waals surface area contributed by atoms with Crippen LogP contribution in [0.4, 0.5) is 5.69 Å². The second-order valence-corrected chi connectivity index (χ2v) is 8.29. The third kappa shape index (κ3) is 2.47. The molecule has 7 heteroatoms. The number of nitriles is 2. The van der Waals surface area contributed by atoms with Gasteiger partial charge in [-0.3, -0.25) is 19.8 Å². The highest BCUT2D eigenvalue weighted by Crippen LogP contribution is 2.63. The normalized spacial score (nSPS) is 25.1. The van der Waals surface area contributed by atoms with E-state index in [9.17, 15) is 25.4 Å². The van der Waals surface area contributed by atoms with Crippen molar-refractivity contribution in [2.45, 2.75) is 31.8 Å². The van der Waals surface area contributed by atoms with Gasteiger partial charge in [-0.2, -0.15) is 10.5 Å². The molecule has 1 saturated carbocycles. The molecule has 0 N–H and O–H groups in total. The van der Waals surface area contributed by atoms with E-state index in [0.29, 0.717) is 16.8 Å². The first-order valence-corrected chi connectivity index (χ1v) is 9.87. The largest absolute Gasteiger partial charge is 0.294 e. The molecule has 0 spiro atoms. The Kier molecular flexibility index (Phi) is 4.44. The van der Waals surface area contributed by atoms with Gasteiger partial charge in [0.25, 0.3) is 11.4 Å². The lowest BCUT2D eigenvalue weighted by molar-refractivity contribution is -0.585. The maximum Gasteiger partial charge on any atom is 0.278 e. The van der Waals surface area contributed by atoms with Gasteiger partial charge in [-0.05, 0) is 44.5 Å². The monoisotopic (exact) mass is 412 g/mol. The number of carbonyl (C=O) groups excluding carboxylic acids is 1. The van der Waals surface area contributed by atoms with E-state index in [4.69, 9.17) is 0 Å². The predicted octanol–water partition coefficient (Wildman–Crippen LogP) is 4.04. The van der Waals surface area contributed by atoms with Crippen molar-refractivity contribution >= 4 is 11.6 Å². The molecule has 1 aliphatic heterocycles. The maximum atomic E-state index is 13.8. The highest BCUT2D eigenvalue weighted by atomic mass is 16.6. The van der Waals surface area contributed by atoms with Crippen LogP contribution in [0.2, 0.25) is 0 Å². The fourth-order valence-corrected chi connectivity index (χ4v) is 5.42. The van der Waals surface area contributed by atoms with Crippen molar-refractivity contribution < 1.29 is 9.72 Å². The van der Waals surface area contributed by atoms with Crippen molar-refractivity contribution in [3.8, 4) is 12.1 Å². The summed E-state index contributed by atoms with van der Waals surface area (Å²) in [5, 5.41) is 32.8. The van der Waals surface area contributed by atoms with Crippen LogP contribution in [0.25, 0.3) is 0 Å². The lowest BCUT2D eigenvalue weighted by Crippen LogP contribution is -2.55. The first-order valence-electron chi connectivity index (χ1n) is 9.87. The van der Waals surface area contributed by atoms with E-state index in [2.05, 4.69) is 6.58 Å². The summed E-state index contributed by atoms with van der Waals surface area (Å²) in [6.07, 6.45) is 1.37. The first-order chi connectivity index (χ1) is 14.8. The Morgan fingerprint density at radius 1 is 1.23 bits per heavy atom. The molecule has 154 valence electrons. The lowest BCUT2D eigenvalue weighted by atomic mass is 9.78. The zero-order chi connectivity index (χ0) is 22.6. The molecular weight excluding hydrogens is 392 g/mol. The minimum absolute atomic E-state index is 0.0693. The number of nitrogens with zero attached hydrogens (tertiary/aromatic N) is 4. The van der Waals surface area contributed by atoms with Crippen LogP contribution < -0.4 is 4.90 Å². The summed E-state index contributed by atoms with van der Waals surface area (Å²) < 4.78 is 0. The van der Waals surface area contributed by atoms with E-state index in [-0.39, 0.29) is 6.42 Å². The van der Waals surface area contributed by atoms with Crippen LogP contribution in [0.15, 0.2) is 55.1 Å². The Morgan fingerprint density at radius 2 is 1.84 bits per heavy atom. The molecule has 2 aromatic rings. The Hall–Kier alpha value is -3.97. The molecule has 1 aliphatic carbocycles. The maximum absolute atomic E-state index is 13.8. The van der Waals surface area contributed by atoms with Gasteiger partial charge in [0, 0.05) is 10.5 Å². The molecule has 1 heterocycles. The minimum Gasteiger partial charge on any atom is -0.294 e. The van der Waals surface area contributed by atoms with Crippen molar-refractivity contribution in [1.29, 1.82) is 10.5 Å². The van der Waals surface area contributed by atoms with E-state index < -0.39 is 33.7 Å². The molecule has 1 amide bonds.